The molecule has 5 nitrogen and oxygen atoms in total. The van der Waals surface area contributed by atoms with Gasteiger partial charge in [-0.15, -0.1) is 0 Å². The number of amides is 1. The van der Waals surface area contributed by atoms with Gasteiger partial charge in [-0.25, -0.2) is 4.68 Å². The predicted octanol–water partition coefficient (Wildman–Crippen LogP) is 5.02. The van der Waals surface area contributed by atoms with E-state index in [9.17, 15) is 13.6 Å². The van der Waals surface area contributed by atoms with Crippen LogP contribution in [0.4, 0.5) is 14.6 Å². The van der Waals surface area contributed by atoms with Crippen molar-refractivity contribution >= 4 is 34.9 Å². The minimum Gasteiger partial charge on any atom is -0.435 e. The topological polar surface area (TPSA) is 56.1 Å². The maximum atomic E-state index is 12.3. The summed E-state index contributed by atoms with van der Waals surface area (Å²) in [6.07, 6.45) is 1.63. The van der Waals surface area contributed by atoms with E-state index >= 15 is 0 Å². The number of ether oxygens (including phenoxy) is 1. The summed E-state index contributed by atoms with van der Waals surface area (Å²) in [6, 6.07) is 12.9. The Morgan fingerprint density at radius 2 is 1.89 bits per heavy atom. The van der Waals surface area contributed by atoms with Gasteiger partial charge in [-0.2, -0.15) is 13.9 Å². The van der Waals surface area contributed by atoms with Crippen molar-refractivity contribution in [2.75, 3.05) is 5.32 Å². The maximum absolute atomic E-state index is 12.3. The molecule has 0 radical (unpaired) electrons. The first-order valence-corrected chi connectivity index (χ1v) is 8.96. The minimum atomic E-state index is -2.89. The zero-order valence-corrected chi connectivity index (χ0v) is 15.9. The highest BCUT2D eigenvalue weighted by atomic mass is 35.5. The molecule has 3 aromatic rings. The van der Waals surface area contributed by atoms with Crippen LogP contribution in [-0.4, -0.2) is 22.3 Å². The minimum absolute atomic E-state index is 0.0376. The molecule has 0 atom stereocenters. The van der Waals surface area contributed by atoms with Gasteiger partial charge in [0.15, 0.2) is 0 Å². The molecule has 1 amide bonds. The van der Waals surface area contributed by atoms with E-state index in [4.69, 9.17) is 23.2 Å². The van der Waals surface area contributed by atoms with Gasteiger partial charge in [0.2, 0.25) is 5.91 Å². The molecular weight excluding hydrogens is 411 g/mol. The molecule has 1 N–H and O–H groups in total. The summed E-state index contributed by atoms with van der Waals surface area (Å²) < 4.78 is 30.2. The highest BCUT2D eigenvalue weighted by Crippen LogP contribution is 2.26. The molecule has 9 heteroatoms. The van der Waals surface area contributed by atoms with Crippen molar-refractivity contribution in [2.24, 2.45) is 0 Å². The number of halogens is 4. The second kappa shape index (κ2) is 9.03. The molecule has 1 aromatic heterocycles. The van der Waals surface area contributed by atoms with Gasteiger partial charge in [0, 0.05) is 6.07 Å². The van der Waals surface area contributed by atoms with Gasteiger partial charge < -0.3 is 10.1 Å². The van der Waals surface area contributed by atoms with Gasteiger partial charge in [-0.1, -0.05) is 47.5 Å². The van der Waals surface area contributed by atoms with E-state index in [-0.39, 0.29) is 18.1 Å². The van der Waals surface area contributed by atoms with Crippen molar-refractivity contribution in [3.8, 4) is 5.75 Å². The van der Waals surface area contributed by atoms with Crippen LogP contribution in [0.5, 0.6) is 5.75 Å². The number of hydrogen-bond acceptors (Lipinski definition) is 3. The van der Waals surface area contributed by atoms with Gasteiger partial charge in [0.25, 0.3) is 0 Å². The molecule has 28 heavy (non-hydrogen) atoms. The van der Waals surface area contributed by atoms with E-state index in [0.29, 0.717) is 28.0 Å². The Bertz CT molecular complexity index is 962. The lowest BCUT2D eigenvalue weighted by Crippen LogP contribution is -2.18. The predicted molar refractivity (Wildman–Crippen MR) is 103 cm³/mol. The lowest BCUT2D eigenvalue weighted by atomic mass is 10.1. The van der Waals surface area contributed by atoms with Gasteiger partial charge in [-0.05, 0) is 29.3 Å². The number of nitrogens with one attached hydrogen (secondary N) is 1. The van der Waals surface area contributed by atoms with Gasteiger partial charge in [-0.3, -0.25) is 4.79 Å². The van der Waals surface area contributed by atoms with Gasteiger partial charge in [0.05, 0.1) is 29.2 Å². The lowest BCUT2D eigenvalue weighted by molar-refractivity contribution is -0.115. The van der Waals surface area contributed by atoms with Crippen LogP contribution in [0.15, 0.2) is 54.7 Å². The van der Waals surface area contributed by atoms with E-state index < -0.39 is 6.61 Å². The number of rotatable bonds is 7. The van der Waals surface area contributed by atoms with Gasteiger partial charge >= 0.3 is 6.61 Å². The first kappa shape index (κ1) is 20.1. The number of benzene rings is 2. The first-order valence-electron chi connectivity index (χ1n) is 8.20. The van der Waals surface area contributed by atoms with Crippen LogP contribution >= 0.6 is 23.2 Å². The Balaban J connectivity index is 1.64. The summed E-state index contributed by atoms with van der Waals surface area (Å²) >= 11 is 12.2. The van der Waals surface area contributed by atoms with E-state index in [1.165, 1.54) is 12.1 Å². The number of carbonyl (C=O) groups excluding carboxylic acids is 1. The monoisotopic (exact) mass is 425 g/mol. The second-order valence-corrected chi connectivity index (χ2v) is 6.62. The first-order chi connectivity index (χ1) is 13.4. The van der Waals surface area contributed by atoms with Gasteiger partial charge in [0.1, 0.15) is 11.6 Å². The zero-order chi connectivity index (χ0) is 20.1. The van der Waals surface area contributed by atoms with Crippen molar-refractivity contribution in [3.05, 3.63) is 75.9 Å². The summed E-state index contributed by atoms with van der Waals surface area (Å²) in [6.45, 7) is -2.55. The SMILES string of the molecule is O=C(Cc1ccc(OC(F)F)cc1)Nc1ccnn1Cc1cccc(Cl)c1Cl. The van der Waals surface area contributed by atoms with Crippen LogP contribution in [0, 0.1) is 0 Å². The van der Waals surface area contributed by atoms with E-state index in [1.807, 2.05) is 6.07 Å². The number of anilines is 1. The summed E-state index contributed by atoms with van der Waals surface area (Å²) in [4.78, 5) is 12.3. The molecule has 0 saturated heterocycles. The highest BCUT2D eigenvalue weighted by Gasteiger charge is 2.12. The molecule has 0 spiro atoms. The number of nitrogens with zero attached hydrogens (tertiary/aromatic N) is 2. The Kier molecular flexibility index (Phi) is 6.49. The standard InChI is InChI=1S/C19H15Cl2F2N3O2/c20-15-3-1-2-13(18(15)21)11-26-16(8-9-24-26)25-17(27)10-12-4-6-14(7-5-12)28-19(22)23/h1-9,19H,10-11H2,(H,25,27). The third-order valence-electron chi connectivity index (χ3n) is 3.85. The van der Waals surface area contributed by atoms with Crippen LogP contribution in [0.25, 0.3) is 0 Å². The Hall–Kier alpha value is -2.64. The molecule has 0 bridgehead atoms. The summed E-state index contributed by atoms with van der Waals surface area (Å²) in [5.74, 6) is 0.260. The van der Waals surface area contributed by atoms with Crippen LogP contribution in [0.3, 0.4) is 0 Å². The molecule has 2 aromatic carbocycles. The lowest BCUT2D eigenvalue weighted by Gasteiger charge is -2.11. The summed E-state index contributed by atoms with van der Waals surface area (Å²) in [5, 5.41) is 7.84. The zero-order valence-electron chi connectivity index (χ0n) is 14.4. The van der Waals surface area contributed by atoms with Crippen molar-refractivity contribution in [1.82, 2.24) is 9.78 Å². The molecule has 0 aliphatic carbocycles. The average Bonchev–Trinajstić information content (AvgIpc) is 3.07. The van der Waals surface area contributed by atoms with Crippen molar-refractivity contribution in [3.63, 3.8) is 0 Å². The van der Waals surface area contributed by atoms with E-state index in [0.717, 1.165) is 5.56 Å². The molecule has 1 heterocycles. The number of hydrogen-bond donors (Lipinski definition) is 1. The van der Waals surface area contributed by atoms with Crippen LogP contribution in [0.2, 0.25) is 10.0 Å². The average molecular weight is 426 g/mol. The highest BCUT2D eigenvalue weighted by molar-refractivity contribution is 6.42. The molecule has 3 rings (SSSR count). The smallest absolute Gasteiger partial charge is 0.387 e. The van der Waals surface area contributed by atoms with Crippen LogP contribution in [0.1, 0.15) is 11.1 Å². The molecule has 146 valence electrons. The van der Waals surface area contributed by atoms with Crippen molar-refractivity contribution < 1.29 is 18.3 Å². The third-order valence-corrected chi connectivity index (χ3v) is 4.71. The summed E-state index contributed by atoms with van der Waals surface area (Å²) in [7, 11) is 0. The number of alkyl halides is 2. The third kappa shape index (κ3) is 5.21. The fourth-order valence-electron chi connectivity index (χ4n) is 2.56. The van der Waals surface area contributed by atoms with Crippen molar-refractivity contribution in [1.29, 1.82) is 0 Å². The largest absolute Gasteiger partial charge is 0.435 e. The molecular formula is C19H15Cl2F2N3O2. The maximum Gasteiger partial charge on any atom is 0.387 e. The number of carbonyl (C=O) groups is 1. The molecule has 0 aliphatic rings. The second-order valence-electron chi connectivity index (χ2n) is 5.83. The normalized spacial score (nSPS) is 10.9. The molecule has 0 fully saturated rings. The fourth-order valence-corrected chi connectivity index (χ4v) is 2.94. The van der Waals surface area contributed by atoms with Crippen LogP contribution < -0.4 is 10.1 Å². The Morgan fingerprint density at radius 1 is 1.14 bits per heavy atom. The van der Waals surface area contributed by atoms with E-state index in [2.05, 4.69) is 15.2 Å². The molecule has 0 unspecified atom stereocenters. The van der Waals surface area contributed by atoms with Crippen molar-refractivity contribution in [2.45, 2.75) is 19.6 Å². The molecule has 0 aliphatic heterocycles. The Morgan fingerprint density at radius 3 is 2.61 bits per heavy atom. The summed E-state index contributed by atoms with van der Waals surface area (Å²) in [5.41, 5.74) is 1.42. The van der Waals surface area contributed by atoms with E-state index in [1.54, 1.807) is 41.2 Å². The van der Waals surface area contributed by atoms with Crippen LogP contribution in [-0.2, 0) is 17.8 Å². The quantitative estimate of drug-likeness (QED) is 0.577. The Labute approximate surface area is 169 Å². The number of aromatic nitrogens is 2. The fraction of sp³-hybridized carbons (Fsp3) is 0.158. The molecule has 0 saturated carbocycles.